The van der Waals surface area contributed by atoms with E-state index in [2.05, 4.69) is 5.32 Å². The van der Waals surface area contributed by atoms with Crippen molar-refractivity contribution in [2.75, 3.05) is 7.11 Å². The van der Waals surface area contributed by atoms with Crippen molar-refractivity contribution in [1.29, 1.82) is 0 Å². The first-order chi connectivity index (χ1) is 10.6. The van der Waals surface area contributed by atoms with E-state index in [0.29, 0.717) is 29.4 Å². The standard InChI is InChI=1S/C17H17Cl2NO2/c1-22-14-6-2-12(3-7-14)5-9-17(21)20-11-13-4-8-15(18)16(19)10-13/h2-4,6-8,10H,5,9,11H2,1H3,(H,20,21). The van der Waals surface area contributed by atoms with Crippen LogP contribution in [0, 0.1) is 0 Å². The zero-order valence-corrected chi connectivity index (χ0v) is 13.7. The van der Waals surface area contributed by atoms with Gasteiger partial charge in [0.1, 0.15) is 5.75 Å². The van der Waals surface area contributed by atoms with Crippen molar-refractivity contribution in [3.05, 3.63) is 63.6 Å². The lowest BCUT2D eigenvalue weighted by molar-refractivity contribution is -0.121. The van der Waals surface area contributed by atoms with Crippen molar-refractivity contribution in [3.8, 4) is 5.75 Å². The molecule has 5 heteroatoms. The summed E-state index contributed by atoms with van der Waals surface area (Å²) >= 11 is 11.8. The van der Waals surface area contributed by atoms with Crippen molar-refractivity contribution in [1.82, 2.24) is 5.32 Å². The molecule has 0 saturated carbocycles. The third-order valence-corrected chi connectivity index (χ3v) is 4.01. The van der Waals surface area contributed by atoms with Crippen LogP contribution < -0.4 is 10.1 Å². The van der Waals surface area contributed by atoms with Gasteiger partial charge in [0.2, 0.25) is 5.91 Å². The summed E-state index contributed by atoms with van der Waals surface area (Å²) in [5.74, 6) is 0.815. The Hall–Kier alpha value is -1.71. The van der Waals surface area contributed by atoms with Crippen LogP contribution in [0.25, 0.3) is 0 Å². The number of nitrogens with one attached hydrogen (secondary N) is 1. The predicted molar refractivity (Wildman–Crippen MR) is 89.6 cm³/mol. The van der Waals surface area contributed by atoms with Crippen LogP contribution in [0.1, 0.15) is 17.5 Å². The largest absolute Gasteiger partial charge is 0.497 e. The second kappa shape index (κ2) is 8.06. The number of methoxy groups -OCH3 is 1. The highest BCUT2D eigenvalue weighted by Gasteiger charge is 2.04. The Morgan fingerprint density at radius 2 is 1.73 bits per heavy atom. The molecule has 0 atom stereocenters. The monoisotopic (exact) mass is 337 g/mol. The molecule has 0 aliphatic heterocycles. The fraction of sp³-hybridized carbons (Fsp3) is 0.235. The summed E-state index contributed by atoms with van der Waals surface area (Å²) in [5.41, 5.74) is 2.03. The van der Waals surface area contributed by atoms with E-state index in [0.717, 1.165) is 16.9 Å². The Balaban J connectivity index is 1.78. The van der Waals surface area contributed by atoms with Crippen LogP contribution in [0.4, 0.5) is 0 Å². The molecular formula is C17H17Cl2NO2. The van der Waals surface area contributed by atoms with E-state index in [9.17, 15) is 4.79 Å². The summed E-state index contributed by atoms with van der Waals surface area (Å²) in [4.78, 5) is 11.9. The van der Waals surface area contributed by atoms with E-state index in [4.69, 9.17) is 27.9 Å². The number of ether oxygens (including phenoxy) is 1. The number of carbonyl (C=O) groups excluding carboxylic acids is 1. The molecule has 1 amide bonds. The molecule has 0 saturated heterocycles. The molecule has 0 radical (unpaired) electrons. The molecule has 0 aliphatic carbocycles. The van der Waals surface area contributed by atoms with E-state index in [1.165, 1.54) is 0 Å². The predicted octanol–water partition coefficient (Wildman–Crippen LogP) is 4.25. The average Bonchev–Trinajstić information content (AvgIpc) is 2.54. The molecule has 0 fully saturated rings. The summed E-state index contributed by atoms with van der Waals surface area (Å²) in [6.07, 6.45) is 1.13. The molecule has 2 aromatic carbocycles. The van der Waals surface area contributed by atoms with Gasteiger partial charge in [-0.05, 0) is 41.8 Å². The molecule has 116 valence electrons. The molecule has 0 bridgehead atoms. The molecule has 0 aromatic heterocycles. The van der Waals surface area contributed by atoms with Crippen LogP contribution in [0.15, 0.2) is 42.5 Å². The number of aryl methyl sites for hydroxylation is 1. The second-order valence-corrected chi connectivity index (χ2v) is 5.69. The zero-order valence-electron chi connectivity index (χ0n) is 12.2. The van der Waals surface area contributed by atoms with Crippen LogP contribution in [0.5, 0.6) is 5.75 Å². The van der Waals surface area contributed by atoms with Gasteiger partial charge in [0.25, 0.3) is 0 Å². The van der Waals surface area contributed by atoms with Crippen LogP contribution >= 0.6 is 23.2 Å². The minimum atomic E-state index is 0.00175. The van der Waals surface area contributed by atoms with Crippen molar-refractivity contribution >= 4 is 29.1 Å². The lowest BCUT2D eigenvalue weighted by atomic mass is 10.1. The maximum absolute atomic E-state index is 11.9. The van der Waals surface area contributed by atoms with E-state index >= 15 is 0 Å². The van der Waals surface area contributed by atoms with E-state index in [1.54, 1.807) is 19.2 Å². The number of benzene rings is 2. The molecule has 0 heterocycles. The van der Waals surface area contributed by atoms with Crippen molar-refractivity contribution < 1.29 is 9.53 Å². The Bertz CT molecular complexity index is 642. The molecular weight excluding hydrogens is 321 g/mol. The molecule has 2 aromatic rings. The van der Waals surface area contributed by atoms with Gasteiger partial charge in [0, 0.05) is 13.0 Å². The topological polar surface area (TPSA) is 38.3 Å². The molecule has 22 heavy (non-hydrogen) atoms. The lowest BCUT2D eigenvalue weighted by Gasteiger charge is -2.07. The summed E-state index contributed by atoms with van der Waals surface area (Å²) in [6.45, 7) is 0.443. The molecule has 2 rings (SSSR count). The van der Waals surface area contributed by atoms with Gasteiger partial charge >= 0.3 is 0 Å². The minimum absolute atomic E-state index is 0.00175. The summed E-state index contributed by atoms with van der Waals surface area (Å²) < 4.78 is 5.10. The lowest BCUT2D eigenvalue weighted by Crippen LogP contribution is -2.22. The highest BCUT2D eigenvalue weighted by atomic mass is 35.5. The highest BCUT2D eigenvalue weighted by molar-refractivity contribution is 6.42. The molecule has 0 aliphatic rings. The molecule has 0 unspecified atom stereocenters. The van der Waals surface area contributed by atoms with Gasteiger partial charge in [-0.1, -0.05) is 41.4 Å². The highest BCUT2D eigenvalue weighted by Crippen LogP contribution is 2.22. The van der Waals surface area contributed by atoms with Crippen LogP contribution in [0.2, 0.25) is 10.0 Å². The van der Waals surface area contributed by atoms with Crippen molar-refractivity contribution in [2.24, 2.45) is 0 Å². The van der Waals surface area contributed by atoms with Gasteiger partial charge in [0.15, 0.2) is 0 Å². The fourth-order valence-corrected chi connectivity index (χ4v) is 2.31. The van der Waals surface area contributed by atoms with Gasteiger partial charge < -0.3 is 10.1 Å². The number of carbonyl (C=O) groups is 1. The van der Waals surface area contributed by atoms with Gasteiger partial charge in [-0.25, -0.2) is 0 Å². The quantitative estimate of drug-likeness (QED) is 0.855. The van der Waals surface area contributed by atoms with Crippen LogP contribution in [-0.4, -0.2) is 13.0 Å². The molecule has 0 spiro atoms. The van der Waals surface area contributed by atoms with E-state index < -0.39 is 0 Å². The minimum Gasteiger partial charge on any atom is -0.497 e. The van der Waals surface area contributed by atoms with Crippen molar-refractivity contribution in [3.63, 3.8) is 0 Å². The first-order valence-electron chi connectivity index (χ1n) is 6.92. The normalized spacial score (nSPS) is 10.3. The molecule has 1 N–H and O–H groups in total. The van der Waals surface area contributed by atoms with Gasteiger partial charge in [0.05, 0.1) is 17.2 Å². The molecule has 3 nitrogen and oxygen atoms in total. The summed E-state index contributed by atoms with van der Waals surface area (Å²) in [7, 11) is 1.63. The number of halogens is 2. The van der Waals surface area contributed by atoms with E-state index in [1.807, 2.05) is 30.3 Å². The third kappa shape index (κ3) is 4.93. The summed E-state index contributed by atoms with van der Waals surface area (Å²) in [5, 5.41) is 3.88. The fourth-order valence-electron chi connectivity index (χ4n) is 1.99. The van der Waals surface area contributed by atoms with Gasteiger partial charge in [-0.3, -0.25) is 4.79 Å². The maximum atomic E-state index is 11.9. The summed E-state index contributed by atoms with van der Waals surface area (Å²) in [6, 6.07) is 13.0. The Morgan fingerprint density at radius 3 is 2.36 bits per heavy atom. The average molecular weight is 338 g/mol. The number of hydrogen-bond donors (Lipinski definition) is 1. The first kappa shape index (κ1) is 16.7. The van der Waals surface area contributed by atoms with Crippen LogP contribution in [-0.2, 0) is 17.8 Å². The van der Waals surface area contributed by atoms with Gasteiger partial charge in [-0.15, -0.1) is 0 Å². The Labute approximate surface area is 140 Å². The van der Waals surface area contributed by atoms with Crippen LogP contribution in [0.3, 0.4) is 0 Å². The zero-order chi connectivity index (χ0) is 15.9. The smallest absolute Gasteiger partial charge is 0.220 e. The third-order valence-electron chi connectivity index (χ3n) is 3.27. The van der Waals surface area contributed by atoms with Gasteiger partial charge in [-0.2, -0.15) is 0 Å². The first-order valence-corrected chi connectivity index (χ1v) is 7.67. The Kier molecular flexibility index (Phi) is 6.10. The van der Waals surface area contributed by atoms with Crippen molar-refractivity contribution in [2.45, 2.75) is 19.4 Å². The maximum Gasteiger partial charge on any atom is 0.220 e. The second-order valence-electron chi connectivity index (χ2n) is 4.87. The van der Waals surface area contributed by atoms with E-state index in [-0.39, 0.29) is 5.91 Å². The SMILES string of the molecule is COc1ccc(CCC(=O)NCc2ccc(Cl)c(Cl)c2)cc1. The number of amides is 1. The Morgan fingerprint density at radius 1 is 1.05 bits per heavy atom. The number of rotatable bonds is 6. The number of hydrogen-bond acceptors (Lipinski definition) is 2.